The summed E-state index contributed by atoms with van der Waals surface area (Å²) in [5.74, 6) is -3.24. The van der Waals surface area contributed by atoms with Crippen molar-refractivity contribution in [2.24, 2.45) is 0 Å². The number of rotatable bonds is 14. The van der Waals surface area contributed by atoms with Crippen LogP contribution < -0.4 is 0 Å². The van der Waals surface area contributed by atoms with Gasteiger partial charge in [0.25, 0.3) is 23.6 Å². The average Bonchev–Trinajstić information content (AvgIpc) is 3.30. The first-order valence-electron chi connectivity index (χ1n) is 11.2. The molecule has 0 aromatic carbocycles. The van der Waals surface area contributed by atoms with Crippen molar-refractivity contribution in [2.45, 2.75) is 70.9 Å². The number of esters is 2. The molecule has 0 aromatic heterocycles. The molecule has 0 radical (unpaired) electrons. The van der Waals surface area contributed by atoms with Crippen LogP contribution in [0.4, 0.5) is 0 Å². The molecule has 0 N–H and O–H groups in total. The van der Waals surface area contributed by atoms with Gasteiger partial charge in [0.1, 0.15) is 12.1 Å². The zero-order chi connectivity index (χ0) is 24.4. The molecular formula is C23H30N2O8. The summed E-state index contributed by atoms with van der Waals surface area (Å²) in [5.41, 5.74) is 0. The van der Waals surface area contributed by atoms with Gasteiger partial charge in [-0.3, -0.25) is 29.0 Å². The van der Waals surface area contributed by atoms with Crippen LogP contribution in [0.5, 0.6) is 0 Å². The highest BCUT2D eigenvalue weighted by atomic mass is 16.5. The normalized spacial score (nSPS) is 17.2. The Morgan fingerprint density at radius 2 is 0.879 bits per heavy atom. The standard InChI is InChI=1S/C23H30N2O8/c1-16(24-18(26)10-11-19(24)27)22(30)32-14-8-6-4-3-5-7-9-15-33-23(31)17(2)25-20(28)12-13-21(25)29/h10-13,16-17H,3-9,14-15H2,1-2H3. The molecule has 2 atom stereocenters. The molecule has 0 aromatic rings. The van der Waals surface area contributed by atoms with Crippen molar-refractivity contribution >= 4 is 35.6 Å². The van der Waals surface area contributed by atoms with Crippen LogP contribution in [-0.4, -0.2) is 70.7 Å². The van der Waals surface area contributed by atoms with Gasteiger partial charge in [-0.1, -0.05) is 32.1 Å². The first-order chi connectivity index (χ1) is 15.7. The van der Waals surface area contributed by atoms with Gasteiger partial charge in [-0.15, -0.1) is 0 Å². The van der Waals surface area contributed by atoms with E-state index in [0.717, 1.165) is 66.2 Å². The lowest BCUT2D eigenvalue weighted by Crippen LogP contribution is -2.43. The quantitative estimate of drug-likeness (QED) is 0.215. The highest BCUT2D eigenvalue weighted by molar-refractivity contribution is 6.15. The summed E-state index contributed by atoms with van der Waals surface area (Å²) in [7, 11) is 0. The zero-order valence-electron chi connectivity index (χ0n) is 19.0. The molecular weight excluding hydrogens is 432 g/mol. The number of carbonyl (C=O) groups is 6. The molecule has 180 valence electrons. The van der Waals surface area contributed by atoms with Crippen molar-refractivity contribution < 1.29 is 38.2 Å². The second-order valence-electron chi connectivity index (χ2n) is 7.92. The van der Waals surface area contributed by atoms with Gasteiger partial charge < -0.3 is 9.47 Å². The van der Waals surface area contributed by atoms with Crippen molar-refractivity contribution in [3.8, 4) is 0 Å². The fraction of sp³-hybridized carbons (Fsp3) is 0.565. The molecule has 2 rings (SSSR count). The van der Waals surface area contributed by atoms with E-state index in [4.69, 9.17) is 9.47 Å². The molecule has 2 aliphatic heterocycles. The van der Waals surface area contributed by atoms with Crippen LogP contribution in [0, 0.1) is 0 Å². The number of nitrogens with zero attached hydrogens (tertiary/aromatic N) is 2. The second kappa shape index (κ2) is 12.7. The predicted molar refractivity (Wildman–Crippen MR) is 115 cm³/mol. The molecule has 2 unspecified atom stereocenters. The maximum absolute atomic E-state index is 12.0. The molecule has 0 aliphatic carbocycles. The molecule has 33 heavy (non-hydrogen) atoms. The van der Waals surface area contributed by atoms with Crippen LogP contribution in [0.25, 0.3) is 0 Å². The number of ether oxygens (including phenoxy) is 2. The van der Waals surface area contributed by atoms with E-state index in [-0.39, 0.29) is 13.2 Å². The smallest absolute Gasteiger partial charge is 0.329 e. The Balaban J connectivity index is 1.44. The van der Waals surface area contributed by atoms with E-state index in [1.54, 1.807) is 0 Å². The van der Waals surface area contributed by atoms with Crippen molar-refractivity contribution in [2.75, 3.05) is 13.2 Å². The van der Waals surface area contributed by atoms with Crippen molar-refractivity contribution in [1.29, 1.82) is 0 Å². The van der Waals surface area contributed by atoms with Crippen LogP contribution in [0.3, 0.4) is 0 Å². The van der Waals surface area contributed by atoms with Crippen LogP contribution in [-0.2, 0) is 38.2 Å². The van der Waals surface area contributed by atoms with Crippen LogP contribution in [0.2, 0.25) is 0 Å². The van der Waals surface area contributed by atoms with Gasteiger partial charge in [-0.05, 0) is 26.7 Å². The molecule has 2 heterocycles. The Morgan fingerprint density at radius 1 is 0.606 bits per heavy atom. The van der Waals surface area contributed by atoms with E-state index >= 15 is 0 Å². The monoisotopic (exact) mass is 462 g/mol. The maximum atomic E-state index is 12.0. The number of hydrogen-bond acceptors (Lipinski definition) is 8. The molecule has 0 fully saturated rings. The molecule has 2 aliphatic rings. The Hall–Kier alpha value is -3.30. The Labute approximate surface area is 192 Å². The first-order valence-corrected chi connectivity index (χ1v) is 11.2. The molecule has 0 saturated heterocycles. The molecule has 10 nitrogen and oxygen atoms in total. The van der Waals surface area contributed by atoms with Gasteiger partial charge in [-0.25, -0.2) is 9.59 Å². The van der Waals surface area contributed by atoms with Gasteiger partial charge >= 0.3 is 11.9 Å². The van der Waals surface area contributed by atoms with Gasteiger partial charge in [0.2, 0.25) is 0 Å². The van der Waals surface area contributed by atoms with E-state index < -0.39 is 47.7 Å². The van der Waals surface area contributed by atoms with Crippen LogP contribution in [0.1, 0.15) is 58.8 Å². The second-order valence-corrected chi connectivity index (χ2v) is 7.92. The minimum absolute atomic E-state index is 0.235. The third-order valence-corrected chi connectivity index (χ3v) is 5.42. The molecule has 10 heteroatoms. The van der Waals surface area contributed by atoms with Gasteiger partial charge in [0.15, 0.2) is 0 Å². The van der Waals surface area contributed by atoms with Crippen molar-refractivity contribution in [1.82, 2.24) is 9.80 Å². The van der Waals surface area contributed by atoms with E-state index in [1.165, 1.54) is 13.8 Å². The molecule has 0 saturated carbocycles. The van der Waals surface area contributed by atoms with Crippen molar-refractivity contribution in [3.05, 3.63) is 24.3 Å². The fourth-order valence-corrected chi connectivity index (χ4v) is 3.47. The predicted octanol–water partition coefficient (Wildman–Crippen LogP) is 1.43. The largest absolute Gasteiger partial charge is 0.464 e. The molecule has 0 spiro atoms. The lowest BCUT2D eigenvalue weighted by molar-refractivity contribution is -0.156. The number of unbranched alkanes of at least 4 members (excludes halogenated alkanes) is 6. The Morgan fingerprint density at radius 3 is 1.18 bits per heavy atom. The number of imide groups is 2. The topological polar surface area (TPSA) is 127 Å². The first kappa shape index (κ1) is 26.0. The highest BCUT2D eigenvalue weighted by Crippen LogP contribution is 2.13. The summed E-state index contributed by atoms with van der Waals surface area (Å²) < 4.78 is 10.3. The lowest BCUT2D eigenvalue weighted by atomic mass is 10.1. The summed E-state index contributed by atoms with van der Waals surface area (Å²) in [4.78, 5) is 72.0. The number of hydrogen-bond donors (Lipinski definition) is 0. The fourth-order valence-electron chi connectivity index (χ4n) is 3.47. The number of amides is 4. The van der Waals surface area contributed by atoms with Crippen molar-refractivity contribution in [3.63, 3.8) is 0 Å². The summed E-state index contributed by atoms with van der Waals surface area (Å²) in [6.45, 7) is 3.40. The van der Waals surface area contributed by atoms with E-state index in [0.29, 0.717) is 12.8 Å². The highest BCUT2D eigenvalue weighted by Gasteiger charge is 2.34. The Kier molecular flexibility index (Phi) is 9.96. The number of carbonyl (C=O) groups excluding carboxylic acids is 6. The average molecular weight is 462 g/mol. The lowest BCUT2D eigenvalue weighted by Gasteiger charge is -2.20. The molecule has 4 amide bonds. The van der Waals surface area contributed by atoms with E-state index in [2.05, 4.69) is 0 Å². The third kappa shape index (κ3) is 7.37. The maximum Gasteiger partial charge on any atom is 0.329 e. The summed E-state index contributed by atoms with van der Waals surface area (Å²) in [6.07, 6.45) is 10.6. The molecule has 0 bridgehead atoms. The SMILES string of the molecule is CC(C(=O)OCCCCCCCCCOC(=O)C(C)N1C(=O)C=CC1=O)N1C(=O)C=CC1=O. The summed E-state index contributed by atoms with van der Waals surface area (Å²) >= 11 is 0. The summed E-state index contributed by atoms with van der Waals surface area (Å²) in [5, 5.41) is 0. The van der Waals surface area contributed by atoms with E-state index in [1.807, 2.05) is 0 Å². The van der Waals surface area contributed by atoms with Gasteiger partial charge in [0, 0.05) is 24.3 Å². The van der Waals surface area contributed by atoms with Gasteiger partial charge in [0.05, 0.1) is 13.2 Å². The Bertz CT molecular complexity index is 743. The van der Waals surface area contributed by atoms with Crippen LogP contribution >= 0.6 is 0 Å². The van der Waals surface area contributed by atoms with Crippen LogP contribution in [0.15, 0.2) is 24.3 Å². The minimum atomic E-state index is -0.940. The zero-order valence-corrected chi connectivity index (χ0v) is 19.0. The third-order valence-electron chi connectivity index (χ3n) is 5.42. The van der Waals surface area contributed by atoms with Gasteiger partial charge in [-0.2, -0.15) is 0 Å². The minimum Gasteiger partial charge on any atom is -0.464 e. The van der Waals surface area contributed by atoms with E-state index in [9.17, 15) is 28.8 Å². The summed E-state index contributed by atoms with van der Waals surface area (Å²) in [6, 6.07) is -1.88.